The maximum Gasteiger partial charge on any atom is 0.0300 e. The number of aryl methyl sites for hydroxylation is 1. The van der Waals surface area contributed by atoms with Gasteiger partial charge in [-0.05, 0) is 51.8 Å². The molecule has 1 aromatic heterocycles. The average Bonchev–Trinajstić information content (AvgIpc) is 2.88. The molecule has 1 aromatic carbocycles. The van der Waals surface area contributed by atoms with Crippen LogP contribution in [0.1, 0.15) is 49.9 Å². The van der Waals surface area contributed by atoms with Crippen molar-refractivity contribution in [1.82, 2.24) is 0 Å². The molecule has 1 unspecified atom stereocenters. The summed E-state index contributed by atoms with van der Waals surface area (Å²) >= 11 is 1.75. The minimum atomic E-state index is 0.121. The fourth-order valence-electron chi connectivity index (χ4n) is 2.42. The summed E-state index contributed by atoms with van der Waals surface area (Å²) in [6, 6.07) is 10.9. The van der Waals surface area contributed by atoms with Crippen LogP contribution in [-0.2, 0) is 11.8 Å². The molecule has 19 heavy (non-hydrogen) atoms. The zero-order valence-corrected chi connectivity index (χ0v) is 12.8. The van der Waals surface area contributed by atoms with Crippen molar-refractivity contribution in [2.24, 2.45) is 5.73 Å². The zero-order chi connectivity index (χ0) is 13.9. The topological polar surface area (TPSA) is 26.0 Å². The lowest BCUT2D eigenvalue weighted by molar-refractivity contribution is 0.560. The largest absolute Gasteiger partial charge is 0.324 e. The minimum Gasteiger partial charge on any atom is -0.324 e. The molecule has 0 fully saturated rings. The smallest absolute Gasteiger partial charge is 0.0300 e. The van der Waals surface area contributed by atoms with E-state index < -0.39 is 0 Å². The van der Waals surface area contributed by atoms with E-state index in [2.05, 4.69) is 61.9 Å². The fraction of sp³-hybridized carbons (Fsp3) is 0.412. The number of rotatable bonds is 4. The first-order valence-electron chi connectivity index (χ1n) is 6.84. The summed E-state index contributed by atoms with van der Waals surface area (Å²) in [7, 11) is 0. The number of nitrogens with two attached hydrogens (primary N) is 1. The van der Waals surface area contributed by atoms with Crippen LogP contribution >= 0.6 is 11.3 Å². The molecule has 2 aromatic rings. The lowest BCUT2D eigenvalue weighted by Crippen LogP contribution is -2.20. The maximum atomic E-state index is 6.41. The summed E-state index contributed by atoms with van der Waals surface area (Å²) in [4.78, 5) is 0. The molecule has 0 amide bonds. The Morgan fingerprint density at radius 3 is 2.53 bits per heavy atom. The van der Waals surface area contributed by atoms with E-state index in [1.165, 1.54) is 16.7 Å². The third-order valence-electron chi connectivity index (χ3n) is 3.49. The SMILES string of the molecule is CC(C)(C)c1ccccc1C(N)CCc1ccsc1. The van der Waals surface area contributed by atoms with Gasteiger partial charge in [-0.25, -0.2) is 0 Å². The van der Waals surface area contributed by atoms with Crippen molar-refractivity contribution in [1.29, 1.82) is 0 Å². The van der Waals surface area contributed by atoms with Crippen LogP contribution in [0, 0.1) is 0 Å². The highest BCUT2D eigenvalue weighted by Gasteiger charge is 2.20. The Balaban J connectivity index is 2.12. The standard InChI is InChI=1S/C17H23NS/c1-17(2,3)15-7-5-4-6-14(15)16(18)9-8-13-10-11-19-12-13/h4-7,10-12,16H,8-9,18H2,1-3H3. The monoisotopic (exact) mass is 273 g/mol. The lowest BCUT2D eigenvalue weighted by Gasteiger charge is -2.25. The molecule has 0 aliphatic carbocycles. The second-order valence-corrected chi connectivity index (χ2v) is 6.89. The molecule has 0 radical (unpaired) electrons. The van der Waals surface area contributed by atoms with Gasteiger partial charge in [0.25, 0.3) is 0 Å². The zero-order valence-electron chi connectivity index (χ0n) is 12.0. The van der Waals surface area contributed by atoms with E-state index in [0.29, 0.717) is 0 Å². The highest BCUT2D eigenvalue weighted by Crippen LogP contribution is 2.30. The predicted octanol–water partition coefficient (Wildman–Crippen LogP) is 4.68. The summed E-state index contributed by atoms with van der Waals surface area (Å²) < 4.78 is 0. The van der Waals surface area contributed by atoms with Crippen LogP contribution < -0.4 is 5.73 Å². The van der Waals surface area contributed by atoms with Gasteiger partial charge in [0.1, 0.15) is 0 Å². The minimum absolute atomic E-state index is 0.121. The maximum absolute atomic E-state index is 6.41. The summed E-state index contributed by atoms with van der Waals surface area (Å²) in [5, 5.41) is 4.34. The molecule has 0 spiro atoms. The van der Waals surface area contributed by atoms with Crippen LogP contribution in [0.15, 0.2) is 41.1 Å². The normalized spacial score (nSPS) is 13.5. The van der Waals surface area contributed by atoms with Crippen molar-refractivity contribution in [2.45, 2.75) is 45.1 Å². The quantitative estimate of drug-likeness (QED) is 0.860. The molecule has 0 bridgehead atoms. The molecular formula is C17H23NS. The molecule has 1 heterocycles. The first-order valence-corrected chi connectivity index (χ1v) is 7.79. The van der Waals surface area contributed by atoms with Crippen molar-refractivity contribution in [3.63, 3.8) is 0 Å². The highest BCUT2D eigenvalue weighted by molar-refractivity contribution is 7.07. The van der Waals surface area contributed by atoms with Crippen molar-refractivity contribution in [3.05, 3.63) is 57.8 Å². The van der Waals surface area contributed by atoms with Crippen LogP contribution in [0.3, 0.4) is 0 Å². The number of thiophene rings is 1. The molecule has 102 valence electrons. The van der Waals surface area contributed by atoms with Gasteiger partial charge >= 0.3 is 0 Å². The van der Waals surface area contributed by atoms with Crippen LogP contribution in [0.4, 0.5) is 0 Å². The highest BCUT2D eigenvalue weighted by atomic mass is 32.1. The summed E-state index contributed by atoms with van der Waals surface area (Å²) in [6.07, 6.45) is 2.06. The van der Waals surface area contributed by atoms with Gasteiger partial charge in [0.2, 0.25) is 0 Å². The van der Waals surface area contributed by atoms with E-state index in [4.69, 9.17) is 5.73 Å². The number of hydrogen-bond acceptors (Lipinski definition) is 2. The Hall–Kier alpha value is -1.12. The van der Waals surface area contributed by atoms with Crippen LogP contribution in [0.5, 0.6) is 0 Å². The van der Waals surface area contributed by atoms with Crippen molar-refractivity contribution >= 4 is 11.3 Å². The Morgan fingerprint density at radius 2 is 1.89 bits per heavy atom. The molecule has 0 saturated heterocycles. The molecule has 2 N–H and O–H groups in total. The van der Waals surface area contributed by atoms with Gasteiger partial charge in [0.05, 0.1) is 0 Å². The second-order valence-electron chi connectivity index (χ2n) is 6.11. The first kappa shape index (κ1) is 14.3. The van der Waals surface area contributed by atoms with E-state index in [-0.39, 0.29) is 11.5 Å². The fourth-order valence-corrected chi connectivity index (χ4v) is 3.12. The van der Waals surface area contributed by atoms with Gasteiger partial charge in [0, 0.05) is 6.04 Å². The van der Waals surface area contributed by atoms with Crippen molar-refractivity contribution in [3.8, 4) is 0 Å². The van der Waals surface area contributed by atoms with Gasteiger partial charge in [-0.2, -0.15) is 11.3 Å². The Morgan fingerprint density at radius 1 is 1.16 bits per heavy atom. The molecule has 1 nitrogen and oxygen atoms in total. The second kappa shape index (κ2) is 5.89. The summed E-state index contributed by atoms with van der Waals surface area (Å²) in [6.45, 7) is 6.74. The molecule has 0 aliphatic heterocycles. The Kier molecular flexibility index (Phi) is 4.43. The third kappa shape index (κ3) is 3.68. The molecule has 0 saturated carbocycles. The summed E-state index contributed by atoms with van der Waals surface area (Å²) in [5.74, 6) is 0. The first-order chi connectivity index (χ1) is 8.98. The van der Waals surface area contributed by atoms with Gasteiger partial charge in [-0.3, -0.25) is 0 Å². The van der Waals surface area contributed by atoms with Gasteiger partial charge in [-0.1, -0.05) is 45.0 Å². The molecule has 1 atom stereocenters. The number of hydrogen-bond donors (Lipinski definition) is 1. The Labute approximate surface area is 120 Å². The molecule has 2 rings (SSSR count). The lowest BCUT2D eigenvalue weighted by atomic mass is 9.81. The number of benzene rings is 1. The van der Waals surface area contributed by atoms with Crippen molar-refractivity contribution in [2.75, 3.05) is 0 Å². The predicted molar refractivity (Wildman–Crippen MR) is 84.7 cm³/mol. The molecule has 2 heteroatoms. The van der Waals surface area contributed by atoms with E-state index in [1.807, 2.05) is 0 Å². The van der Waals surface area contributed by atoms with E-state index in [1.54, 1.807) is 11.3 Å². The van der Waals surface area contributed by atoms with E-state index in [9.17, 15) is 0 Å². The van der Waals surface area contributed by atoms with Gasteiger partial charge < -0.3 is 5.73 Å². The van der Waals surface area contributed by atoms with Gasteiger partial charge in [0.15, 0.2) is 0 Å². The van der Waals surface area contributed by atoms with Crippen LogP contribution in [-0.4, -0.2) is 0 Å². The van der Waals surface area contributed by atoms with Gasteiger partial charge in [-0.15, -0.1) is 0 Å². The third-order valence-corrected chi connectivity index (χ3v) is 4.22. The molecule has 0 aliphatic rings. The van der Waals surface area contributed by atoms with Crippen LogP contribution in [0.25, 0.3) is 0 Å². The van der Waals surface area contributed by atoms with E-state index in [0.717, 1.165) is 12.8 Å². The van der Waals surface area contributed by atoms with Crippen molar-refractivity contribution < 1.29 is 0 Å². The molecular weight excluding hydrogens is 250 g/mol. The summed E-state index contributed by atoms with van der Waals surface area (Å²) in [5.41, 5.74) is 10.6. The Bertz CT molecular complexity index is 508. The van der Waals surface area contributed by atoms with Crippen LogP contribution in [0.2, 0.25) is 0 Å². The van der Waals surface area contributed by atoms with E-state index >= 15 is 0 Å². The average molecular weight is 273 g/mol.